The van der Waals surface area contributed by atoms with E-state index in [2.05, 4.69) is 25.3 Å². The monoisotopic (exact) mass is 252 g/mol. The molecule has 0 aromatic carbocycles. The minimum absolute atomic E-state index is 0.556. The standard InChI is InChI=1S/C6H14O.2C2H5NO2/c1-3-5-7-6-4-2;2*3-2(5)1-4/h3-6H2,1-2H3;2*4H,1H2,(H2,3,5). The zero-order valence-electron chi connectivity index (χ0n) is 10.5. The van der Waals surface area contributed by atoms with Gasteiger partial charge in [0, 0.05) is 13.2 Å². The molecule has 0 saturated carbocycles. The minimum atomic E-state index is -0.690. The number of rotatable bonds is 6. The number of ether oxygens (including phenoxy) is 1. The Balaban J connectivity index is -0.000000177. The van der Waals surface area contributed by atoms with E-state index in [4.69, 9.17) is 14.9 Å². The number of hydrogen-bond donors (Lipinski definition) is 4. The van der Waals surface area contributed by atoms with Crippen LogP contribution in [0.5, 0.6) is 0 Å². The number of amides is 2. The van der Waals surface area contributed by atoms with E-state index in [1.807, 2.05) is 0 Å². The van der Waals surface area contributed by atoms with Gasteiger partial charge in [0.05, 0.1) is 0 Å². The van der Waals surface area contributed by atoms with Crippen LogP contribution in [0.25, 0.3) is 0 Å². The van der Waals surface area contributed by atoms with Crippen LogP contribution in [0, 0.1) is 0 Å². The molecule has 0 rings (SSSR count). The van der Waals surface area contributed by atoms with Gasteiger partial charge in [0.25, 0.3) is 0 Å². The van der Waals surface area contributed by atoms with Gasteiger partial charge in [0.15, 0.2) is 0 Å². The Kier molecular flexibility index (Phi) is 25.2. The molecule has 0 heterocycles. The van der Waals surface area contributed by atoms with Gasteiger partial charge < -0.3 is 26.4 Å². The third-order valence-electron chi connectivity index (χ3n) is 1.01. The van der Waals surface area contributed by atoms with E-state index in [0.717, 1.165) is 26.1 Å². The van der Waals surface area contributed by atoms with Gasteiger partial charge in [-0.3, -0.25) is 9.59 Å². The Hall–Kier alpha value is -1.18. The fourth-order valence-corrected chi connectivity index (χ4v) is 0.391. The molecule has 0 radical (unpaired) electrons. The molecule has 17 heavy (non-hydrogen) atoms. The number of hydrogen-bond acceptors (Lipinski definition) is 5. The van der Waals surface area contributed by atoms with E-state index in [9.17, 15) is 9.59 Å². The summed E-state index contributed by atoms with van der Waals surface area (Å²) in [6.07, 6.45) is 2.28. The lowest BCUT2D eigenvalue weighted by Gasteiger charge is -1.95. The van der Waals surface area contributed by atoms with Crippen LogP contribution in [0.3, 0.4) is 0 Å². The summed E-state index contributed by atoms with van der Waals surface area (Å²) < 4.78 is 5.13. The van der Waals surface area contributed by atoms with Crippen LogP contribution < -0.4 is 11.5 Å². The van der Waals surface area contributed by atoms with Crippen molar-refractivity contribution in [2.75, 3.05) is 26.4 Å². The first kappa shape index (κ1) is 21.1. The predicted molar refractivity (Wildman–Crippen MR) is 64.0 cm³/mol. The van der Waals surface area contributed by atoms with Crippen LogP contribution in [0.4, 0.5) is 0 Å². The van der Waals surface area contributed by atoms with Crippen molar-refractivity contribution >= 4 is 11.8 Å². The lowest BCUT2D eigenvalue weighted by Crippen LogP contribution is -2.14. The van der Waals surface area contributed by atoms with Crippen LogP contribution in [0.15, 0.2) is 0 Å². The molecule has 0 unspecified atom stereocenters. The molecule has 6 N–H and O–H groups in total. The average molecular weight is 252 g/mol. The summed E-state index contributed by atoms with van der Waals surface area (Å²) in [7, 11) is 0. The van der Waals surface area contributed by atoms with Crippen molar-refractivity contribution in [3.8, 4) is 0 Å². The van der Waals surface area contributed by atoms with Crippen molar-refractivity contribution in [1.82, 2.24) is 0 Å². The lowest BCUT2D eigenvalue weighted by atomic mass is 10.5. The van der Waals surface area contributed by atoms with Crippen LogP contribution in [0.1, 0.15) is 26.7 Å². The van der Waals surface area contributed by atoms with E-state index in [1.165, 1.54) is 0 Å². The number of aliphatic hydroxyl groups is 2. The van der Waals surface area contributed by atoms with Gasteiger partial charge in [-0.05, 0) is 12.8 Å². The van der Waals surface area contributed by atoms with E-state index in [-0.39, 0.29) is 0 Å². The van der Waals surface area contributed by atoms with Crippen molar-refractivity contribution in [2.45, 2.75) is 26.7 Å². The minimum Gasteiger partial charge on any atom is -0.387 e. The largest absolute Gasteiger partial charge is 0.387 e. The third kappa shape index (κ3) is 52.4. The maximum Gasteiger partial charge on any atom is 0.243 e. The van der Waals surface area contributed by atoms with Gasteiger partial charge in [-0.15, -0.1) is 0 Å². The molecule has 0 aliphatic heterocycles. The SMILES string of the molecule is CCCOCCC.NC(=O)CO.NC(=O)CO. The first-order valence-electron chi connectivity index (χ1n) is 5.32. The van der Waals surface area contributed by atoms with E-state index >= 15 is 0 Å². The third-order valence-corrected chi connectivity index (χ3v) is 1.01. The van der Waals surface area contributed by atoms with Crippen LogP contribution in [-0.4, -0.2) is 48.5 Å². The second-order valence-corrected chi connectivity index (χ2v) is 2.86. The smallest absolute Gasteiger partial charge is 0.243 e. The fraction of sp³-hybridized carbons (Fsp3) is 0.800. The molecule has 0 spiro atoms. The summed E-state index contributed by atoms with van der Waals surface area (Å²) >= 11 is 0. The summed E-state index contributed by atoms with van der Waals surface area (Å²) in [6, 6.07) is 0. The number of carbonyl (C=O) groups excluding carboxylic acids is 2. The quantitative estimate of drug-likeness (QED) is 0.438. The molecule has 0 fully saturated rings. The first-order valence-corrected chi connectivity index (χ1v) is 5.32. The number of aliphatic hydroxyl groups excluding tert-OH is 2. The molecule has 0 aliphatic rings. The molecule has 0 saturated heterocycles. The summed E-state index contributed by atoms with van der Waals surface area (Å²) in [5.41, 5.74) is 8.81. The Morgan fingerprint density at radius 1 is 0.941 bits per heavy atom. The summed E-state index contributed by atoms with van der Waals surface area (Å²) in [5.74, 6) is -1.38. The Morgan fingerprint density at radius 3 is 1.29 bits per heavy atom. The van der Waals surface area contributed by atoms with Crippen molar-refractivity contribution in [3.63, 3.8) is 0 Å². The van der Waals surface area contributed by atoms with Crippen molar-refractivity contribution in [1.29, 1.82) is 0 Å². The second kappa shape index (κ2) is 20.3. The van der Waals surface area contributed by atoms with Gasteiger partial charge in [-0.25, -0.2) is 0 Å². The van der Waals surface area contributed by atoms with Crippen LogP contribution in [-0.2, 0) is 14.3 Å². The van der Waals surface area contributed by atoms with E-state index < -0.39 is 25.0 Å². The van der Waals surface area contributed by atoms with Gasteiger partial charge in [0.2, 0.25) is 11.8 Å². The molecule has 7 nitrogen and oxygen atoms in total. The molecular weight excluding hydrogens is 228 g/mol. The molecule has 104 valence electrons. The molecule has 0 atom stereocenters. The molecule has 0 aromatic heterocycles. The Labute approximate surface area is 102 Å². The predicted octanol–water partition coefficient (Wildman–Crippen LogP) is -1.25. The van der Waals surface area contributed by atoms with Gasteiger partial charge in [-0.1, -0.05) is 13.8 Å². The van der Waals surface area contributed by atoms with Gasteiger partial charge >= 0.3 is 0 Å². The lowest BCUT2D eigenvalue weighted by molar-refractivity contribution is -0.121. The molecule has 0 bridgehead atoms. The van der Waals surface area contributed by atoms with E-state index in [0.29, 0.717) is 0 Å². The zero-order chi connectivity index (χ0) is 14.1. The average Bonchev–Trinajstić information content (AvgIpc) is 2.31. The zero-order valence-corrected chi connectivity index (χ0v) is 10.5. The highest BCUT2D eigenvalue weighted by atomic mass is 16.5. The van der Waals surface area contributed by atoms with Crippen LogP contribution in [0.2, 0.25) is 0 Å². The highest BCUT2D eigenvalue weighted by molar-refractivity contribution is 5.74. The van der Waals surface area contributed by atoms with Crippen molar-refractivity contribution in [3.05, 3.63) is 0 Å². The fourth-order valence-electron chi connectivity index (χ4n) is 0.391. The number of primary amides is 2. The highest BCUT2D eigenvalue weighted by Gasteiger charge is 1.79. The molecular formula is C10H24N2O5. The number of nitrogens with two attached hydrogens (primary N) is 2. The van der Waals surface area contributed by atoms with Crippen molar-refractivity contribution in [2.24, 2.45) is 11.5 Å². The molecule has 0 aliphatic carbocycles. The second-order valence-electron chi connectivity index (χ2n) is 2.86. The van der Waals surface area contributed by atoms with Crippen molar-refractivity contribution < 1.29 is 24.5 Å². The van der Waals surface area contributed by atoms with Crippen LogP contribution >= 0.6 is 0 Å². The number of carbonyl (C=O) groups is 2. The maximum atomic E-state index is 9.34. The summed E-state index contributed by atoms with van der Waals surface area (Å²) in [4.78, 5) is 18.7. The molecule has 2 amide bonds. The highest BCUT2D eigenvalue weighted by Crippen LogP contribution is 1.81. The van der Waals surface area contributed by atoms with E-state index in [1.54, 1.807) is 0 Å². The normalized spacial score (nSPS) is 8.24. The van der Waals surface area contributed by atoms with Gasteiger partial charge in [-0.2, -0.15) is 0 Å². The molecule has 7 heteroatoms. The topological polar surface area (TPSA) is 136 Å². The summed E-state index contributed by atoms with van der Waals surface area (Å²) in [5, 5.41) is 15.3. The Morgan fingerprint density at radius 2 is 1.18 bits per heavy atom. The first-order chi connectivity index (χ1) is 7.95. The molecule has 0 aromatic rings. The van der Waals surface area contributed by atoms with Gasteiger partial charge in [0.1, 0.15) is 13.2 Å². The maximum absolute atomic E-state index is 9.34. The summed E-state index contributed by atoms with van der Waals surface area (Å²) in [6.45, 7) is 4.98. The Bertz CT molecular complexity index is 158.